The highest BCUT2D eigenvalue weighted by atomic mass is 79.9. The third-order valence-corrected chi connectivity index (χ3v) is 1.46. The molecule has 0 bridgehead atoms. The Morgan fingerprint density at radius 3 is 2.42 bits per heavy atom. The molecular weight excluding hydrogens is 218 g/mol. The van der Waals surface area contributed by atoms with Crippen LogP contribution in [-0.2, 0) is 6.54 Å². The van der Waals surface area contributed by atoms with E-state index in [1.165, 1.54) is 5.56 Å². The van der Waals surface area contributed by atoms with Crippen LogP contribution in [0.3, 0.4) is 0 Å². The number of benzene rings is 1. The predicted octanol–water partition coefficient (Wildman–Crippen LogP) is 1.35. The molecule has 3 heteroatoms. The predicted molar refractivity (Wildman–Crippen MR) is 55.6 cm³/mol. The molecule has 1 rings (SSSR count). The number of hydrogen-bond donors (Lipinski definition) is 2. The summed E-state index contributed by atoms with van der Waals surface area (Å²) in [5.41, 5.74) is 1.25. The van der Waals surface area contributed by atoms with Gasteiger partial charge in [-0.2, -0.15) is 0 Å². The van der Waals surface area contributed by atoms with Gasteiger partial charge in [0.1, 0.15) is 0 Å². The molecule has 0 saturated carbocycles. The van der Waals surface area contributed by atoms with Crippen LogP contribution in [0.2, 0.25) is 0 Å². The second-order valence-electron chi connectivity index (χ2n) is 2.39. The Labute approximate surface area is 83.4 Å². The first-order valence-electron chi connectivity index (χ1n) is 3.79. The maximum absolute atomic E-state index is 8.48. The van der Waals surface area contributed by atoms with Crippen LogP contribution in [0.1, 0.15) is 5.56 Å². The van der Waals surface area contributed by atoms with Gasteiger partial charge in [-0.1, -0.05) is 30.3 Å². The molecule has 0 spiro atoms. The summed E-state index contributed by atoms with van der Waals surface area (Å²) in [6.07, 6.45) is 0. The van der Waals surface area contributed by atoms with Crippen molar-refractivity contribution in [1.82, 2.24) is 5.32 Å². The molecule has 2 N–H and O–H groups in total. The monoisotopic (exact) mass is 231 g/mol. The molecule has 0 aliphatic rings. The van der Waals surface area contributed by atoms with Crippen LogP contribution in [0.4, 0.5) is 0 Å². The van der Waals surface area contributed by atoms with Gasteiger partial charge in [0.05, 0.1) is 6.61 Å². The molecule has 0 radical (unpaired) electrons. The van der Waals surface area contributed by atoms with Gasteiger partial charge in [0.2, 0.25) is 0 Å². The van der Waals surface area contributed by atoms with Crippen LogP contribution >= 0.6 is 17.0 Å². The minimum atomic E-state index is 0. The van der Waals surface area contributed by atoms with Crippen molar-refractivity contribution in [2.24, 2.45) is 0 Å². The smallest absolute Gasteiger partial charge is 0.0556 e. The van der Waals surface area contributed by atoms with Crippen molar-refractivity contribution in [3.05, 3.63) is 35.9 Å². The maximum atomic E-state index is 8.48. The van der Waals surface area contributed by atoms with Crippen molar-refractivity contribution in [3.8, 4) is 0 Å². The highest BCUT2D eigenvalue weighted by molar-refractivity contribution is 8.93. The summed E-state index contributed by atoms with van der Waals surface area (Å²) in [7, 11) is 0. The van der Waals surface area contributed by atoms with E-state index in [2.05, 4.69) is 17.4 Å². The lowest BCUT2D eigenvalue weighted by Gasteiger charge is -2.01. The van der Waals surface area contributed by atoms with E-state index in [9.17, 15) is 0 Å². The minimum absolute atomic E-state index is 0. The normalized spacial score (nSPS) is 9.08. The molecule has 0 amide bonds. The summed E-state index contributed by atoms with van der Waals surface area (Å²) in [6.45, 7) is 1.70. The Balaban J connectivity index is 0.00000121. The average molecular weight is 232 g/mol. The van der Waals surface area contributed by atoms with Gasteiger partial charge in [0.25, 0.3) is 0 Å². The second kappa shape index (κ2) is 7.28. The molecule has 2 nitrogen and oxygen atoms in total. The van der Waals surface area contributed by atoms with Gasteiger partial charge < -0.3 is 10.4 Å². The number of hydrogen-bond acceptors (Lipinski definition) is 2. The van der Waals surface area contributed by atoms with Gasteiger partial charge in [0, 0.05) is 13.1 Å². The van der Waals surface area contributed by atoms with Gasteiger partial charge in [-0.05, 0) is 5.56 Å². The van der Waals surface area contributed by atoms with E-state index in [0.717, 1.165) is 6.54 Å². The summed E-state index contributed by atoms with van der Waals surface area (Å²) in [4.78, 5) is 0. The lowest BCUT2D eigenvalue weighted by molar-refractivity contribution is 0.292. The van der Waals surface area contributed by atoms with Crippen molar-refractivity contribution < 1.29 is 5.11 Å². The Kier molecular flexibility index (Phi) is 7.05. The first-order chi connectivity index (χ1) is 5.43. The fraction of sp³-hybridized carbons (Fsp3) is 0.333. The summed E-state index contributed by atoms with van der Waals surface area (Å²) in [5, 5.41) is 11.6. The minimum Gasteiger partial charge on any atom is -0.395 e. The Hall–Kier alpha value is -0.380. The van der Waals surface area contributed by atoms with Gasteiger partial charge in [-0.15, -0.1) is 17.0 Å². The lowest BCUT2D eigenvalue weighted by Crippen LogP contribution is -2.17. The molecular formula is C9H14BrNO. The van der Waals surface area contributed by atoms with E-state index in [0.29, 0.717) is 6.54 Å². The third kappa shape index (κ3) is 4.49. The summed E-state index contributed by atoms with van der Waals surface area (Å²) < 4.78 is 0. The molecule has 68 valence electrons. The van der Waals surface area contributed by atoms with Crippen LogP contribution in [0, 0.1) is 0 Å². The van der Waals surface area contributed by atoms with Crippen LogP contribution in [-0.4, -0.2) is 18.3 Å². The quantitative estimate of drug-likeness (QED) is 0.768. The first kappa shape index (κ1) is 11.6. The summed E-state index contributed by atoms with van der Waals surface area (Å²) in [6, 6.07) is 10.1. The molecule has 0 aliphatic carbocycles. The number of aliphatic hydroxyl groups is 1. The zero-order valence-electron chi connectivity index (χ0n) is 6.86. The van der Waals surface area contributed by atoms with Crippen LogP contribution in [0.25, 0.3) is 0 Å². The van der Waals surface area contributed by atoms with Crippen molar-refractivity contribution in [1.29, 1.82) is 0 Å². The highest BCUT2D eigenvalue weighted by Gasteiger charge is 1.87. The van der Waals surface area contributed by atoms with E-state index >= 15 is 0 Å². The third-order valence-electron chi connectivity index (χ3n) is 1.46. The molecule has 0 heterocycles. The van der Waals surface area contributed by atoms with Gasteiger partial charge in [-0.3, -0.25) is 0 Å². The number of nitrogens with one attached hydrogen (secondary N) is 1. The van der Waals surface area contributed by atoms with Crippen molar-refractivity contribution in [2.75, 3.05) is 13.2 Å². The average Bonchev–Trinajstić information content (AvgIpc) is 2.07. The molecule has 1 aromatic rings. The molecule has 0 aromatic heterocycles. The largest absolute Gasteiger partial charge is 0.395 e. The standard InChI is InChI=1S/C9H13NO.BrH/c11-7-6-10-8-9-4-2-1-3-5-9;/h1-5,10-11H,6-8H2;1H. The van der Waals surface area contributed by atoms with Gasteiger partial charge in [-0.25, -0.2) is 0 Å². The number of halogens is 1. The molecule has 0 unspecified atom stereocenters. The number of aliphatic hydroxyl groups excluding tert-OH is 1. The molecule has 0 aliphatic heterocycles. The van der Waals surface area contributed by atoms with E-state index < -0.39 is 0 Å². The van der Waals surface area contributed by atoms with E-state index in [4.69, 9.17) is 5.11 Å². The molecule has 0 atom stereocenters. The molecule has 0 saturated heterocycles. The second-order valence-corrected chi connectivity index (χ2v) is 2.39. The fourth-order valence-electron chi connectivity index (χ4n) is 0.908. The molecule has 0 fully saturated rings. The van der Waals surface area contributed by atoms with E-state index in [1.807, 2.05) is 18.2 Å². The highest BCUT2D eigenvalue weighted by Crippen LogP contribution is 1.96. The van der Waals surface area contributed by atoms with Crippen LogP contribution in [0.5, 0.6) is 0 Å². The Bertz CT molecular complexity index is 191. The fourth-order valence-corrected chi connectivity index (χ4v) is 0.908. The summed E-state index contributed by atoms with van der Waals surface area (Å²) >= 11 is 0. The topological polar surface area (TPSA) is 32.3 Å². The van der Waals surface area contributed by atoms with Crippen LogP contribution in [0.15, 0.2) is 30.3 Å². The zero-order chi connectivity index (χ0) is 7.94. The Morgan fingerprint density at radius 1 is 1.17 bits per heavy atom. The van der Waals surface area contributed by atoms with Crippen molar-refractivity contribution >= 4 is 17.0 Å². The van der Waals surface area contributed by atoms with E-state index in [1.54, 1.807) is 0 Å². The van der Waals surface area contributed by atoms with E-state index in [-0.39, 0.29) is 23.6 Å². The summed E-state index contributed by atoms with van der Waals surface area (Å²) in [5.74, 6) is 0. The van der Waals surface area contributed by atoms with Gasteiger partial charge in [0.15, 0.2) is 0 Å². The maximum Gasteiger partial charge on any atom is 0.0556 e. The first-order valence-corrected chi connectivity index (χ1v) is 3.79. The Morgan fingerprint density at radius 2 is 1.83 bits per heavy atom. The lowest BCUT2D eigenvalue weighted by atomic mass is 10.2. The van der Waals surface area contributed by atoms with Crippen molar-refractivity contribution in [3.63, 3.8) is 0 Å². The zero-order valence-corrected chi connectivity index (χ0v) is 8.58. The van der Waals surface area contributed by atoms with Crippen molar-refractivity contribution in [2.45, 2.75) is 6.54 Å². The number of rotatable bonds is 4. The van der Waals surface area contributed by atoms with Crippen LogP contribution < -0.4 is 5.32 Å². The molecule has 1 aromatic carbocycles. The molecule has 12 heavy (non-hydrogen) atoms. The van der Waals surface area contributed by atoms with Gasteiger partial charge >= 0.3 is 0 Å². The SMILES string of the molecule is Br.OCCNCc1ccccc1.